The van der Waals surface area contributed by atoms with Crippen molar-refractivity contribution in [3.63, 3.8) is 0 Å². The Bertz CT molecular complexity index is 1080. The van der Waals surface area contributed by atoms with Crippen LogP contribution in [0.5, 0.6) is 0 Å². The number of benzene rings is 1. The molecule has 21 heavy (non-hydrogen) atoms. The molecule has 0 spiro atoms. The van der Waals surface area contributed by atoms with Gasteiger partial charge in [0.05, 0.1) is 11.5 Å². The Morgan fingerprint density at radius 2 is 2.52 bits per heavy atom. The second-order valence-corrected chi connectivity index (χ2v) is 4.67. The molecule has 0 radical (unpaired) electrons. The van der Waals surface area contributed by atoms with E-state index < -0.39 is 57.7 Å². The van der Waals surface area contributed by atoms with Gasteiger partial charge in [-0.15, -0.1) is 0 Å². The maximum Gasteiger partial charge on any atom is 0.407 e. The van der Waals surface area contributed by atoms with Crippen LogP contribution in [0.4, 0.5) is 4.79 Å². The number of aromatic amines is 1. The third-order valence-corrected chi connectivity index (χ3v) is 3.11. The third kappa shape index (κ3) is 3.19. The number of fused-ring (bicyclic) bond motifs is 1. The Balaban J connectivity index is 2.08. The summed E-state index contributed by atoms with van der Waals surface area (Å²) in [5, 5.41) is 0.336. The van der Waals surface area contributed by atoms with Crippen molar-refractivity contribution in [2.24, 2.45) is 0 Å². The van der Waals surface area contributed by atoms with E-state index in [1.165, 1.54) is 6.20 Å². The van der Waals surface area contributed by atoms with Crippen LogP contribution in [0.3, 0.4) is 0 Å². The van der Waals surface area contributed by atoms with Crippen molar-refractivity contribution in [2.45, 2.75) is 18.9 Å². The number of hydrogen-bond acceptors (Lipinski definition) is 3. The minimum atomic E-state index is -2.92. The monoisotopic (exact) mass is 299 g/mol. The fraction of sp³-hybridized carbons (Fsp3) is 0.438. The number of aromatic nitrogens is 1. The molecule has 5 heteroatoms. The molecule has 1 atom stereocenters. The summed E-state index contributed by atoms with van der Waals surface area (Å²) in [5.41, 5.74) is 0.00586. The van der Waals surface area contributed by atoms with E-state index in [1.54, 1.807) is 0 Å². The Morgan fingerprint density at radius 1 is 1.62 bits per heavy atom. The van der Waals surface area contributed by atoms with Crippen molar-refractivity contribution >= 4 is 17.0 Å². The molecular formula is C16H21N3O2. The Kier molecular flexibility index (Phi) is 1.55. The van der Waals surface area contributed by atoms with Gasteiger partial charge in [-0.3, -0.25) is 0 Å². The highest BCUT2D eigenvalue weighted by atomic mass is 16.6. The lowest BCUT2D eigenvalue weighted by molar-refractivity contribution is 0.177. The topological polar surface area (TPSA) is 57.4 Å². The highest BCUT2D eigenvalue weighted by molar-refractivity contribution is 5.84. The first-order chi connectivity index (χ1) is 15.0. The van der Waals surface area contributed by atoms with E-state index in [-0.39, 0.29) is 34.5 Å². The molecule has 5 nitrogen and oxygen atoms in total. The predicted molar refractivity (Wildman–Crippen MR) is 82.5 cm³/mol. The Morgan fingerprint density at radius 3 is 3.29 bits per heavy atom. The molecule has 2 aromatic rings. The summed E-state index contributed by atoms with van der Waals surface area (Å²) in [6.45, 7) is -6.77. The minimum absolute atomic E-state index is 0.0439. The van der Waals surface area contributed by atoms with Crippen LogP contribution in [0.1, 0.15) is 24.8 Å². The summed E-state index contributed by atoms with van der Waals surface area (Å²) >= 11 is 0. The molecule has 1 amide bonds. The van der Waals surface area contributed by atoms with Crippen molar-refractivity contribution in [2.75, 3.05) is 27.1 Å². The van der Waals surface area contributed by atoms with Crippen molar-refractivity contribution < 1.29 is 26.1 Å². The van der Waals surface area contributed by atoms with Crippen LogP contribution in [0.15, 0.2) is 24.3 Å². The smallest absolute Gasteiger partial charge is 0.407 e. The van der Waals surface area contributed by atoms with Crippen LogP contribution in [0.25, 0.3) is 10.9 Å². The van der Waals surface area contributed by atoms with Crippen LogP contribution < -0.4 is 5.31 Å². The second-order valence-electron chi connectivity index (χ2n) is 4.67. The maximum atomic E-state index is 11.5. The number of H-pyrrole nitrogens is 1. The van der Waals surface area contributed by atoms with E-state index in [0.29, 0.717) is 10.2 Å². The number of alkyl carbamates (subject to hydrolysis) is 1. The van der Waals surface area contributed by atoms with Crippen LogP contribution >= 0.6 is 0 Å². The number of likely N-dealkylation sites (N-methyl/N-ethyl adjacent to an activating group) is 1. The summed E-state index contributed by atoms with van der Waals surface area (Å²) < 4.78 is 99.0. The molecule has 2 N–H and O–H groups in total. The molecule has 1 aromatic carbocycles. The zero-order valence-corrected chi connectivity index (χ0v) is 11.1. The SMILES string of the molecule is [2H]c1c(C[C@@]2([2H])COC(=O)N2[2H])c([2H])c2c(CCN(C([2H])([2H])[2H])C([2H])([2H])[2H])cn([2H])c2c1[2H]. The van der Waals surface area contributed by atoms with Gasteiger partial charge in [0.1, 0.15) is 6.61 Å². The molecule has 0 aliphatic carbocycles. The molecule has 0 unspecified atom stereocenters. The number of ether oxygens (including phenoxy) is 1. The first-order valence-corrected chi connectivity index (χ1v) is 6.34. The largest absolute Gasteiger partial charge is 0.447 e. The molecule has 1 aliphatic heterocycles. The average Bonchev–Trinajstić information content (AvgIpc) is 3.13. The highest BCUT2D eigenvalue weighted by Gasteiger charge is 2.22. The molecule has 0 bridgehead atoms. The normalized spacial score (nSPS) is 31.7. The summed E-state index contributed by atoms with van der Waals surface area (Å²) in [4.78, 5) is 12.6. The molecule has 2 heterocycles. The lowest BCUT2D eigenvalue weighted by Crippen LogP contribution is -2.28. The summed E-state index contributed by atoms with van der Waals surface area (Å²) in [6, 6.07) is -3.12. The summed E-state index contributed by atoms with van der Waals surface area (Å²) in [5.74, 6) is 0. The van der Waals surface area contributed by atoms with Gasteiger partial charge in [-0.25, -0.2) is 4.79 Å². The number of nitrogens with zero attached hydrogens (tertiary/aromatic N) is 1. The molecule has 1 aliphatic rings. The van der Waals surface area contributed by atoms with Crippen molar-refractivity contribution in [1.82, 2.24) is 15.2 Å². The molecule has 112 valence electrons. The van der Waals surface area contributed by atoms with Gasteiger partial charge < -0.3 is 19.9 Å². The molecule has 1 saturated heterocycles. The van der Waals surface area contributed by atoms with Crippen molar-refractivity contribution in [3.05, 3.63) is 35.5 Å². The number of cyclic esters (lactones) is 1. The van der Waals surface area contributed by atoms with Crippen molar-refractivity contribution in [3.8, 4) is 0 Å². The zero-order chi connectivity index (χ0) is 25.1. The lowest BCUT2D eigenvalue weighted by atomic mass is 10.0. The maximum absolute atomic E-state index is 11.5. The molecule has 1 fully saturated rings. The van der Waals surface area contributed by atoms with E-state index in [9.17, 15) is 4.79 Å². The minimum Gasteiger partial charge on any atom is -0.447 e. The van der Waals surface area contributed by atoms with Gasteiger partial charge in [0.25, 0.3) is 0 Å². The fourth-order valence-corrected chi connectivity index (χ4v) is 2.12. The summed E-state index contributed by atoms with van der Waals surface area (Å²) in [7, 11) is 0. The van der Waals surface area contributed by atoms with Gasteiger partial charge in [0.15, 0.2) is 2.82 Å². The Hall–Kier alpha value is -2.01. The number of amides is 1. The highest BCUT2D eigenvalue weighted by Crippen LogP contribution is 2.21. The fourth-order valence-electron chi connectivity index (χ4n) is 2.12. The third-order valence-electron chi connectivity index (χ3n) is 3.11. The van der Waals surface area contributed by atoms with E-state index in [2.05, 4.69) is 0 Å². The van der Waals surface area contributed by atoms with Gasteiger partial charge in [-0.05, 0) is 50.0 Å². The van der Waals surface area contributed by atoms with Gasteiger partial charge in [0.2, 0.25) is 0 Å². The van der Waals surface area contributed by atoms with Crippen LogP contribution in [0.2, 0.25) is 2.82 Å². The number of rotatable bonds is 5. The van der Waals surface area contributed by atoms with E-state index in [1.807, 2.05) is 0 Å². The number of nitrogens with one attached hydrogen (secondary N) is 2. The van der Waals surface area contributed by atoms with Crippen LogP contribution in [0, 0.1) is 0 Å². The summed E-state index contributed by atoms with van der Waals surface area (Å²) in [6.07, 6.45) is -0.473. The molecule has 1 aromatic heterocycles. The predicted octanol–water partition coefficient (Wildman–Crippen LogP) is 1.92. The number of hydrogen-bond donors (Lipinski definition) is 2. The quantitative estimate of drug-likeness (QED) is 0.887. The standard InChI is InChI=1S/C16H21N3O2/c1-19(2)6-5-12-9-17-15-4-3-11(8-14(12)15)7-13-10-21-16(20)18-13/h3-4,8-9,13,17H,5-7,10H2,1-2H3,(H,18,20)/t13-/m0/s1/i1D3,2D3,3D,4D,8D,13D/hD2. The van der Waals surface area contributed by atoms with Crippen molar-refractivity contribution in [1.29, 1.82) is 0 Å². The molecule has 0 saturated carbocycles. The lowest BCUT2D eigenvalue weighted by Gasteiger charge is -2.09. The van der Waals surface area contributed by atoms with Crippen LogP contribution in [-0.4, -0.2) is 49.1 Å². The van der Waals surface area contributed by atoms with E-state index in [0.717, 1.165) is 4.98 Å². The molecular weight excluding hydrogens is 266 g/mol. The van der Waals surface area contributed by atoms with Gasteiger partial charge in [0, 0.05) is 31.9 Å². The zero-order valence-electron chi connectivity index (χ0n) is 23.1. The van der Waals surface area contributed by atoms with E-state index in [4.69, 9.17) is 21.3 Å². The molecule has 3 rings (SSSR count). The van der Waals surface area contributed by atoms with Gasteiger partial charge >= 0.3 is 6.09 Å². The number of carbonyl (C=O) groups is 1. The van der Waals surface area contributed by atoms with Gasteiger partial charge in [-0.2, -0.15) is 0 Å². The first kappa shape index (κ1) is 5.65. The number of carbonyl (C=O) groups excluding carboxylic acids is 1. The van der Waals surface area contributed by atoms with Gasteiger partial charge in [-0.1, -0.05) is 6.04 Å². The average molecular weight is 299 g/mol. The van der Waals surface area contributed by atoms with E-state index >= 15 is 0 Å². The first-order valence-electron chi connectivity index (χ1n) is 12.2. The Labute approximate surface area is 141 Å². The van der Waals surface area contributed by atoms with Crippen LogP contribution in [-0.2, 0) is 17.6 Å². The second kappa shape index (κ2) is 5.77.